The lowest BCUT2D eigenvalue weighted by Gasteiger charge is -2.24. The van der Waals surface area contributed by atoms with Crippen LogP contribution in [-0.2, 0) is 22.1 Å². The highest BCUT2D eigenvalue weighted by Gasteiger charge is 2.30. The van der Waals surface area contributed by atoms with Crippen molar-refractivity contribution in [3.63, 3.8) is 0 Å². The highest BCUT2D eigenvalue weighted by atomic mass is 32.2. The van der Waals surface area contributed by atoms with Crippen LogP contribution in [0.3, 0.4) is 0 Å². The second kappa shape index (κ2) is 5.61. The third-order valence-corrected chi connectivity index (χ3v) is 5.69. The molecule has 5 nitrogen and oxygen atoms in total. The number of nitrogens with two attached hydrogens (primary N) is 1. The van der Waals surface area contributed by atoms with Crippen molar-refractivity contribution in [1.29, 1.82) is 0 Å². The van der Waals surface area contributed by atoms with E-state index >= 15 is 0 Å². The average molecular weight is 311 g/mol. The van der Waals surface area contributed by atoms with Crippen LogP contribution in [0, 0.1) is 0 Å². The summed E-state index contributed by atoms with van der Waals surface area (Å²) in [5.74, 6) is 0. The van der Waals surface area contributed by atoms with Crippen molar-refractivity contribution in [1.82, 2.24) is 9.71 Å². The summed E-state index contributed by atoms with van der Waals surface area (Å²) in [5, 5.41) is 2.53. The van der Waals surface area contributed by atoms with Crippen LogP contribution in [0.15, 0.2) is 40.7 Å². The van der Waals surface area contributed by atoms with Crippen LogP contribution < -0.4 is 10.5 Å². The zero-order chi connectivity index (χ0) is 14.8. The van der Waals surface area contributed by atoms with Gasteiger partial charge in [0.15, 0.2) is 0 Å². The summed E-state index contributed by atoms with van der Waals surface area (Å²) in [5.41, 5.74) is 5.43. The molecule has 2 rings (SSSR count). The van der Waals surface area contributed by atoms with Crippen LogP contribution in [0.1, 0.15) is 24.4 Å². The first-order valence-corrected chi connectivity index (χ1v) is 8.45. The molecule has 1 heterocycles. The lowest BCUT2D eigenvalue weighted by molar-refractivity contribution is 0.469. The molecule has 0 aliphatic carbocycles. The first-order valence-electron chi connectivity index (χ1n) is 6.09. The Balaban J connectivity index is 2.37. The summed E-state index contributed by atoms with van der Waals surface area (Å²) in [6.45, 7) is 3.75. The van der Waals surface area contributed by atoms with Crippen molar-refractivity contribution in [3.8, 4) is 0 Å². The molecule has 0 fully saturated rings. The van der Waals surface area contributed by atoms with Gasteiger partial charge in [0.2, 0.25) is 10.0 Å². The quantitative estimate of drug-likeness (QED) is 0.882. The predicted octanol–water partition coefficient (Wildman–Crippen LogP) is 1.82. The number of nitrogens with one attached hydrogen (secondary N) is 1. The van der Waals surface area contributed by atoms with Gasteiger partial charge in [-0.2, -0.15) is 4.72 Å². The minimum absolute atomic E-state index is 0.175. The number of rotatable bonds is 5. The van der Waals surface area contributed by atoms with E-state index in [0.29, 0.717) is 10.6 Å². The average Bonchev–Trinajstić information content (AvgIpc) is 2.92. The van der Waals surface area contributed by atoms with E-state index in [9.17, 15) is 8.42 Å². The fraction of sp³-hybridized carbons (Fsp3) is 0.308. The number of aromatic nitrogens is 1. The van der Waals surface area contributed by atoms with Gasteiger partial charge in [0.25, 0.3) is 0 Å². The number of benzene rings is 1. The number of hydrogen-bond donors (Lipinski definition) is 2. The van der Waals surface area contributed by atoms with Crippen molar-refractivity contribution < 1.29 is 8.42 Å². The van der Waals surface area contributed by atoms with Crippen molar-refractivity contribution in [2.45, 2.75) is 30.8 Å². The first kappa shape index (κ1) is 15.1. The molecular weight excluding hydrogens is 294 g/mol. The van der Waals surface area contributed by atoms with E-state index in [-0.39, 0.29) is 11.4 Å². The largest absolute Gasteiger partial charge is 0.326 e. The predicted molar refractivity (Wildman–Crippen MR) is 79.8 cm³/mol. The van der Waals surface area contributed by atoms with E-state index in [4.69, 9.17) is 5.73 Å². The Bertz CT molecular complexity index is 679. The van der Waals surface area contributed by atoms with Gasteiger partial charge in [-0.1, -0.05) is 18.2 Å². The fourth-order valence-corrected chi connectivity index (χ4v) is 4.32. The van der Waals surface area contributed by atoms with Crippen molar-refractivity contribution in [3.05, 3.63) is 46.4 Å². The topological polar surface area (TPSA) is 85.1 Å². The lowest BCUT2D eigenvalue weighted by atomic mass is 10.1. The number of hydrogen-bond acceptors (Lipinski definition) is 5. The zero-order valence-electron chi connectivity index (χ0n) is 11.3. The molecule has 0 saturated carbocycles. The maximum atomic E-state index is 12.5. The standard InChI is InChI=1S/C13H17N3O2S2/c1-13(2,12-15-7-8-19-12)16-20(17,18)11-6-4-3-5-10(11)9-14/h3-8,16H,9,14H2,1-2H3. The molecule has 0 bridgehead atoms. The molecule has 0 saturated heterocycles. The van der Waals surface area contributed by atoms with Crippen LogP contribution in [0.2, 0.25) is 0 Å². The molecular formula is C13H17N3O2S2. The summed E-state index contributed by atoms with van der Waals surface area (Å²) < 4.78 is 27.8. The van der Waals surface area contributed by atoms with Crippen LogP contribution in [0.5, 0.6) is 0 Å². The molecule has 1 aromatic carbocycles. The van der Waals surface area contributed by atoms with E-state index in [2.05, 4.69) is 9.71 Å². The van der Waals surface area contributed by atoms with Crippen molar-refractivity contribution >= 4 is 21.4 Å². The maximum absolute atomic E-state index is 12.5. The SMILES string of the molecule is CC(C)(NS(=O)(=O)c1ccccc1CN)c1nccs1. The third-order valence-electron chi connectivity index (χ3n) is 2.84. The van der Waals surface area contributed by atoms with Crippen molar-refractivity contribution in [2.24, 2.45) is 5.73 Å². The molecule has 0 aliphatic heterocycles. The molecule has 108 valence electrons. The highest BCUT2D eigenvalue weighted by molar-refractivity contribution is 7.89. The molecule has 0 atom stereocenters. The molecule has 0 radical (unpaired) electrons. The lowest BCUT2D eigenvalue weighted by Crippen LogP contribution is -2.41. The van der Waals surface area contributed by atoms with Gasteiger partial charge in [0.05, 0.1) is 10.4 Å². The smallest absolute Gasteiger partial charge is 0.241 e. The minimum atomic E-state index is -3.65. The molecule has 20 heavy (non-hydrogen) atoms. The Kier molecular flexibility index (Phi) is 4.24. The molecule has 7 heteroatoms. The summed E-state index contributed by atoms with van der Waals surface area (Å²) >= 11 is 1.41. The number of thiazole rings is 1. The fourth-order valence-electron chi connectivity index (χ4n) is 1.90. The van der Waals surface area contributed by atoms with Gasteiger partial charge in [-0.3, -0.25) is 0 Å². The molecule has 1 aromatic heterocycles. The summed E-state index contributed by atoms with van der Waals surface area (Å²) in [6.07, 6.45) is 1.66. The van der Waals surface area contributed by atoms with Gasteiger partial charge >= 0.3 is 0 Å². The van der Waals surface area contributed by atoms with Crippen LogP contribution in [0.25, 0.3) is 0 Å². The Labute approximate surface area is 122 Å². The minimum Gasteiger partial charge on any atom is -0.326 e. The summed E-state index contributed by atoms with van der Waals surface area (Å²) in [4.78, 5) is 4.39. The van der Waals surface area contributed by atoms with Gasteiger partial charge in [-0.25, -0.2) is 13.4 Å². The Morgan fingerprint density at radius 1 is 1.35 bits per heavy atom. The van der Waals surface area contributed by atoms with Crippen molar-refractivity contribution in [2.75, 3.05) is 0 Å². The molecule has 0 unspecified atom stereocenters. The number of sulfonamides is 1. The van der Waals surface area contributed by atoms with Gasteiger partial charge < -0.3 is 5.73 Å². The van der Waals surface area contributed by atoms with Gasteiger partial charge in [0, 0.05) is 18.1 Å². The summed E-state index contributed by atoms with van der Waals surface area (Å²) in [6, 6.07) is 6.73. The van der Waals surface area contributed by atoms with E-state index in [0.717, 1.165) is 0 Å². The molecule has 0 amide bonds. The second-order valence-corrected chi connectivity index (χ2v) is 7.42. The Morgan fingerprint density at radius 2 is 2.05 bits per heavy atom. The highest BCUT2D eigenvalue weighted by Crippen LogP contribution is 2.25. The monoisotopic (exact) mass is 311 g/mol. The summed E-state index contributed by atoms with van der Waals surface area (Å²) in [7, 11) is -3.65. The second-order valence-electron chi connectivity index (χ2n) is 4.88. The van der Waals surface area contributed by atoms with Gasteiger partial charge in [-0.05, 0) is 25.5 Å². The third kappa shape index (κ3) is 3.06. The molecule has 3 N–H and O–H groups in total. The van der Waals surface area contributed by atoms with Crippen LogP contribution in [0.4, 0.5) is 0 Å². The molecule has 2 aromatic rings. The molecule has 0 aliphatic rings. The Morgan fingerprint density at radius 3 is 2.65 bits per heavy atom. The van der Waals surface area contributed by atoms with Crippen LogP contribution in [-0.4, -0.2) is 13.4 Å². The van der Waals surface area contributed by atoms with E-state index in [1.54, 1.807) is 44.3 Å². The first-order chi connectivity index (χ1) is 9.37. The maximum Gasteiger partial charge on any atom is 0.241 e. The van der Waals surface area contributed by atoms with Gasteiger partial charge in [-0.15, -0.1) is 11.3 Å². The molecule has 0 spiro atoms. The normalized spacial score (nSPS) is 12.6. The van der Waals surface area contributed by atoms with Crippen LogP contribution >= 0.6 is 11.3 Å². The van der Waals surface area contributed by atoms with E-state index in [1.165, 1.54) is 11.3 Å². The van der Waals surface area contributed by atoms with E-state index in [1.807, 2.05) is 5.38 Å². The zero-order valence-corrected chi connectivity index (χ0v) is 13.0. The Hall–Kier alpha value is -1.28. The van der Waals surface area contributed by atoms with Gasteiger partial charge in [0.1, 0.15) is 5.01 Å². The number of nitrogens with zero attached hydrogens (tertiary/aromatic N) is 1. The van der Waals surface area contributed by atoms with E-state index < -0.39 is 15.6 Å².